The van der Waals surface area contributed by atoms with Crippen molar-refractivity contribution in [3.8, 4) is 0 Å². The molecular formula is C12H18FN3O. The van der Waals surface area contributed by atoms with Crippen molar-refractivity contribution in [2.75, 3.05) is 20.1 Å². The van der Waals surface area contributed by atoms with Crippen molar-refractivity contribution in [3.63, 3.8) is 0 Å². The van der Waals surface area contributed by atoms with Crippen LogP contribution in [0.5, 0.6) is 0 Å². The Morgan fingerprint density at radius 2 is 2.29 bits per heavy atom. The van der Waals surface area contributed by atoms with Gasteiger partial charge < -0.3 is 10.2 Å². The van der Waals surface area contributed by atoms with Gasteiger partial charge in [0, 0.05) is 25.3 Å². The molecular weight excluding hydrogens is 221 g/mol. The van der Waals surface area contributed by atoms with E-state index in [2.05, 4.69) is 29.0 Å². The number of hydrogen-bond donors (Lipinski definition) is 1. The molecule has 1 N–H and O–H groups in total. The molecule has 0 bridgehead atoms. The Hall–Kier alpha value is -1.49. The molecule has 17 heavy (non-hydrogen) atoms. The van der Waals surface area contributed by atoms with Crippen molar-refractivity contribution in [2.45, 2.75) is 19.9 Å². The van der Waals surface area contributed by atoms with Crippen molar-refractivity contribution in [1.29, 1.82) is 0 Å². The first-order chi connectivity index (χ1) is 8.02. The van der Waals surface area contributed by atoms with Crippen LogP contribution in [-0.4, -0.2) is 42.0 Å². The lowest BCUT2D eigenvalue weighted by molar-refractivity contribution is 0.0943. The fraction of sp³-hybridized carbons (Fsp3) is 0.500. The second kappa shape index (κ2) is 6.30. The molecule has 0 radical (unpaired) electrons. The molecule has 0 unspecified atom stereocenters. The molecule has 0 atom stereocenters. The number of nitrogens with one attached hydrogen (secondary N) is 1. The van der Waals surface area contributed by atoms with Gasteiger partial charge in [0.25, 0.3) is 5.91 Å². The Balaban J connectivity index is 2.43. The van der Waals surface area contributed by atoms with Crippen molar-refractivity contribution < 1.29 is 9.18 Å². The Morgan fingerprint density at radius 3 is 2.88 bits per heavy atom. The number of carbonyl (C=O) groups is 1. The summed E-state index contributed by atoms with van der Waals surface area (Å²) in [5.41, 5.74) is -0.0142. The lowest BCUT2D eigenvalue weighted by Crippen LogP contribution is -2.36. The number of hydrogen-bond acceptors (Lipinski definition) is 3. The molecule has 94 valence electrons. The minimum absolute atomic E-state index is 0.0142. The molecule has 0 aliphatic heterocycles. The lowest BCUT2D eigenvalue weighted by atomic mass is 10.2. The Morgan fingerprint density at radius 1 is 1.59 bits per heavy atom. The first kappa shape index (κ1) is 13.6. The molecule has 1 aromatic heterocycles. The smallest absolute Gasteiger partial charge is 0.255 e. The SMILES string of the molecule is CC(C)N(C)CCNC(=O)c1cccnc1F. The van der Waals surface area contributed by atoms with Gasteiger partial charge in [0.1, 0.15) is 0 Å². The molecule has 0 aromatic carbocycles. The van der Waals surface area contributed by atoms with Crippen LogP contribution in [0.25, 0.3) is 0 Å². The summed E-state index contributed by atoms with van der Waals surface area (Å²) in [4.78, 5) is 17.1. The van der Waals surface area contributed by atoms with Crippen LogP contribution in [0.4, 0.5) is 4.39 Å². The predicted molar refractivity (Wildman–Crippen MR) is 64.3 cm³/mol. The zero-order valence-corrected chi connectivity index (χ0v) is 10.4. The van der Waals surface area contributed by atoms with Crippen LogP contribution in [0.15, 0.2) is 18.3 Å². The molecule has 1 rings (SSSR count). The Labute approximate surface area is 101 Å². The molecule has 1 amide bonds. The Kier molecular flexibility index (Phi) is 5.03. The second-order valence-corrected chi connectivity index (χ2v) is 4.17. The minimum atomic E-state index is -0.734. The van der Waals surface area contributed by atoms with Gasteiger partial charge in [-0.15, -0.1) is 0 Å². The third-order valence-corrected chi connectivity index (χ3v) is 2.64. The number of nitrogens with zero attached hydrogens (tertiary/aromatic N) is 2. The molecule has 0 spiro atoms. The molecule has 5 heteroatoms. The zero-order chi connectivity index (χ0) is 12.8. The van der Waals surface area contributed by atoms with Gasteiger partial charge in [-0.05, 0) is 33.0 Å². The van der Waals surface area contributed by atoms with Crippen LogP contribution in [0.2, 0.25) is 0 Å². The quantitative estimate of drug-likeness (QED) is 0.787. The van der Waals surface area contributed by atoms with E-state index in [0.717, 1.165) is 6.54 Å². The molecule has 4 nitrogen and oxygen atoms in total. The number of pyridine rings is 1. The summed E-state index contributed by atoms with van der Waals surface area (Å²) < 4.78 is 13.2. The van der Waals surface area contributed by atoms with Crippen molar-refractivity contribution in [2.24, 2.45) is 0 Å². The highest BCUT2D eigenvalue weighted by Gasteiger charge is 2.11. The van der Waals surface area contributed by atoms with E-state index in [1.807, 2.05) is 7.05 Å². The number of carbonyl (C=O) groups excluding carboxylic acids is 1. The number of likely N-dealkylation sites (N-methyl/N-ethyl adjacent to an activating group) is 1. The maximum atomic E-state index is 13.2. The summed E-state index contributed by atoms with van der Waals surface area (Å²) in [6.07, 6.45) is 1.32. The maximum Gasteiger partial charge on any atom is 0.255 e. The first-order valence-electron chi connectivity index (χ1n) is 5.61. The maximum absolute atomic E-state index is 13.2. The fourth-order valence-electron chi connectivity index (χ4n) is 1.25. The third kappa shape index (κ3) is 4.11. The number of rotatable bonds is 5. The van der Waals surface area contributed by atoms with Crippen LogP contribution < -0.4 is 5.32 Å². The van der Waals surface area contributed by atoms with E-state index in [4.69, 9.17) is 0 Å². The molecule has 0 aliphatic carbocycles. The van der Waals surface area contributed by atoms with E-state index in [0.29, 0.717) is 12.6 Å². The number of halogens is 1. The van der Waals surface area contributed by atoms with Gasteiger partial charge in [-0.25, -0.2) is 4.98 Å². The standard InChI is InChI=1S/C12H18FN3O/c1-9(2)16(3)8-7-15-12(17)10-5-4-6-14-11(10)13/h4-6,9H,7-8H2,1-3H3,(H,15,17). The number of aromatic nitrogens is 1. The van der Waals surface area contributed by atoms with Gasteiger partial charge in [-0.1, -0.05) is 0 Å². The molecule has 1 heterocycles. The largest absolute Gasteiger partial charge is 0.351 e. The third-order valence-electron chi connectivity index (χ3n) is 2.64. The topological polar surface area (TPSA) is 45.2 Å². The highest BCUT2D eigenvalue weighted by atomic mass is 19.1. The normalized spacial score (nSPS) is 10.9. The van der Waals surface area contributed by atoms with Crippen LogP contribution in [-0.2, 0) is 0 Å². The van der Waals surface area contributed by atoms with Crippen molar-refractivity contribution >= 4 is 5.91 Å². The summed E-state index contributed by atoms with van der Waals surface area (Å²) in [5.74, 6) is -1.16. The van der Waals surface area contributed by atoms with Crippen molar-refractivity contribution in [3.05, 3.63) is 29.8 Å². The van der Waals surface area contributed by atoms with E-state index in [1.54, 1.807) is 0 Å². The highest BCUT2D eigenvalue weighted by molar-refractivity contribution is 5.94. The summed E-state index contributed by atoms with van der Waals surface area (Å²) in [6, 6.07) is 3.38. The first-order valence-corrected chi connectivity index (χ1v) is 5.61. The highest BCUT2D eigenvalue weighted by Crippen LogP contribution is 2.02. The minimum Gasteiger partial charge on any atom is -0.351 e. The van der Waals surface area contributed by atoms with Gasteiger partial charge in [-0.3, -0.25) is 4.79 Å². The summed E-state index contributed by atoms with van der Waals surface area (Å²) in [7, 11) is 1.97. The van der Waals surface area contributed by atoms with E-state index < -0.39 is 11.9 Å². The van der Waals surface area contributed by atoms with Gasteiger partial charge in [0.05, 0.1) is 5.56 Å². The van der Waals surface area contributed by atoms with Crippen LogP contribution in [0, 0.1) is 5.95 Å². The predicted octanol–water partition coefficient (Wildman–Crippen LogP) is 1.29. The average molecular weight is 239 g/mol. The van der Waals surface area contributed by atoms with Gasteiger partial charge >= 0.3 is 0 Å². The summed E-state index contributed by atoms with van der Waals surface area (Å²) in [6.45, 7) is 5.36. The Bertz CT molecular complexity index is 382. The van der Waals surface area contributed by atoms with Gasteiger partial charge in [0.15, 0.2) is 0 Å². The molecule has 0 saturated heterocycles. The lowest BCUT2D eigenvalue weighted by Gasteiger charge is -2.20. The molecule has 1 aromatic rings. The van der Waals surface area contributed by atoms with Crippen LogP contribution >= 0.6 is 0 Å². The van der Waals surface area contributed by atoms with E-state index >= 15 is 0 Å². The summed E-state index contributed by atoms with van der Waals surface area (Å²) >= 11 is 0. The zero-order valence-electron chi connectivity index (χ0n) is 10.4. The molecule has 0 saturated carbocycles. The van der Waals surface area contributed by atoms with Gasteiger partial charge in [-0.2, -0.15) is 4.39 Å². The fourth-order valence-corrected chi connectivity index (χ4v) is 1.25. The number of amides is 1. The van der Waals surface area contributed by atoms with Crippen molar-refractivity contribution in [1.82, 2.24) is 15.2 Å². The monoisotopic (exact) mass is 239 g/mol. The van der Waals surface area contributed by atoms with E-state index in [9.17, 15) is 9.18 Å². The second-order valence-electron chi connectivity index (χ2n) is 4.17. The van der Waals surface area contributed by atoms with Gasteiger partial charge in [0.2, 0.25) is 5.95 Å². The summed E-state index contributed by atoms with van der Waals surface area (Å²) in [5, 5.41) is 2.66. The average Bonchev–Trinajstić information content (AvgIpc) is 2.29. The molecule has 0 aliphatic rings. The van der Waals surface area contributed by atoms with Crippen LogP contribution in [0.1, 0.15) is 24.2 Å². The van der Waals surface area contributed by atoms with E-state index in [-0.39, 0.29) is 5.56 Å². The van der Waals surface area contributed by atoms with E-state index in [1.165, 1.54) is 18.3 Å². The molecule has 0 fully saturated rings. The van der Waals surface area contributed by atoms with Crippen LogP contribution in [0.3, 0.4) is 0 Å².